The van der Waals surface area contributed by atoms with Crippen molar-refractivity contribution in [2.24, 2.45) is 0 Å². The number of rotatable bonds is 1. The zero-order valence-electron chi connectivity index (χ0n) is 8.35. The number of hydrogen-bond acceptors (Lipinski definition) is 4. The van der Waals surface area contributed by atoms with Crippen molar-refractivity contribution in [2.45, 2.75) is 18.9 Å². The first-order valence-electron chi connectivity index (χ1n) is 5.17. The van der Waals surface area contributed by atoms with Crippen LogP contribution < -0.4 is 11.1 Å². The van der Waals surface area contributed by atoms with Crippen LogP contribution in [0.3, 0.4) is 0 Å². The van der Waals surface area contributed by atoms with Gasteiger partial charge in [0.15, 0.2) is 5.65 Å². The van der Waals surface area contributed by atoms with Gasteiger partial charge in [-0.25, -0.2) is 9.50 Å². The van der Waals surface area contributed by atoms with Gasteiger partial charge in [-0.3, -0.25) is 0 Å². The molecule has 0 saturated carbocycles. The number of hydrogen-bond donors (Lipinski definition) is 2. The van der Waals surface area contributed by atoms with E-state index in [0.29, 0.717) is 11.7 Å². The molecule has 2 aromatic rings. The lowest BCUT2D eigenvalue weighted by Gasteiger charge is -2.07. The highest BCUT2D eigenvalue weighted by atomic mass is 15.2. The molecule has 1 aliphatic heterocycles. The first kappa shape index (κ1) is 8.67. The van der Waals surface area contributed by atoms with E-state index in [9.17, 15) is 0 Å². The molecule has 0 spiro atoms. The van der Waals surface area contributed by atoms with Gasteiger partial charge in [0.25, 0.3) is 0 Å². The summed E-state index contributed by atoms with van der Waals surface area (Å²) >= 11 is 0. The molecule has 0 bridgehead atoms. The Morgan fingerprint density at radius 1 is 1.47 bits per heavy atom. The fourth-order valence-corrected chi connectivity index (χ4v) is 2.10. The molecule has 78 valence electrons. The Hall–Kier alpha value is -1.62. The molecule has 3 N–H and O–H groups in total. The first-order chi connectivity index (χ1) is 7.34. The minimum Gasteiger partial charge on any atom is -0.396 e. The van der Waals surface area contributed by atoms with Gasteiger partial charge < -0.3 is 11.1 Å². The second-order valence-corrected chi connectivity index (χ2v) is 3.90. The smallest absolute Gasteiger partial charge is 0.159 e. The number of anilines is 1. The molecule has 5 heteroatoms. The standard InChI is InChI=1S/C10H13N5/c11-7-4-13-10-8(5-14-15(10)6-7)9-2-1-3-12-9/h4-6,9,12H,1-3,11H2. The molecule has 15 heavy (non-hydrogen) atoms. The SMILES string of the molecule is Nc1cnc2c(C3CCCN3)cnn2c1. The molecule has 1 aliphatic rings. The van der Waals surface area contributed by atoms with Gasteiger partial charge in [0.1, 0.15) is 0 Å². The lowest BCUT2D eigenvalue weighted by molar-refractivity contribution is 0.651. The van der Waals surface area contributed by atoms with Crippen LogP contribution in [-0.4, -0.2) is 21.1 Å². The summed E-state index contributed by atoms with van der Waals surface area (Å²) in [5.74, 6) is 0. The monoisotopic (exact) mass is 203 g/mol. The summed E-state index contributed by atoms with van der Waals surface area (Å²) in [7, 11) is 0. The molecule has 0 radical (unpaired) electrons. The van der Waals surface area contributed by atoms with Gasteiger partial charge in [-0.15, -0.1) is 0 Å². The molecule has 1 fully saturated rings. The van der Waals surface area contributed by atoms with Crippen LogP contribution >= 0.6 is 0 Å². The highest BCUT2D eigenvalue weighted by Crippen LogP contribution is 2.25. The highest BCUT2D eigenvalue weighted by Gasteiger charge is 2.20. The van der Waals surface area contributed by atoms with E-state index in [1.165, 1.54) is 12.0 Å². The Labute approximate surface area is 87.3 Å². The van der Waals surface area contributed by atoms with E-state index in [-0.39, 0.29) is 0 Å². The van der Waals surface area contributed by atoms with E-state index < -0.39 is 0 Å². The maximum absolute atomic E-state index is 5.65. The summed E-state index contributed by atoms with van der Waals surface area (Å²) in [6, 6.07) is 0.402. The van der Waals surface area contributed by atoms with Crippen molar-refractivity contribution in [2.75, 3.05) is 12.3 Å². The van der Waals surface area contributed by atoms with Crippen LogP contribution in [0.4, 0.5) is 5.69 Å². The van der Waals surface area contributed by atoms with Crippen molar-refractivity contribution < 1.29 is 0 Å². The molecule has 2 aromatic heterocycles. The molecule has 3 heterocycles. The molecule has 0 amide bonds. The average molecular weight is 203 g/mol. The van der Waals surface area contributed by atoms with Crippen LogP contribution in [0.25, 0.3) is 5.65 Å². The Bertz CT molecular complexity index is 484. The summed E-state index contributed by atoms with van der Waals surface area (Å²) in [5.41, 5.74) is 8.36. The predicted molar refractivity (Wildman–Crippen MR) is 57.4 cm³/mol. The van der Waals surface area contributed by atoms with Crippen molar-refractivity contribution in [1.29, 1.82) is 0 Å². The normalized spacial score (nSPS) is 21.2. The van der Waals surface area contributed by atoms with E-state index in [1.807, 2.05) is 6.20 Å². The van der Waals surface area contributed by atoms with E-state index in [2.05, 4.69) is 15.4 Å². The molecule has 1 saturated heterocycles. The van der Waals surface area contributed by atoms with E-state index in [0.717, 1.165) is 18.6 Å². The highest BCUT2D eigenvalue weighted by molar-refractivity contribution is 5.51. The molecule has 3 rings (SSSR count). The lowest BCUT2D eigenvalue weighted by Crippen LogP contribution is -2.12. The Kier molecular flexibility index (Phi) is 1.85. The quantitative estimate of drug-likeness (QED) is 0.717. The molecular weight excluding hydrogens is 190 g/mol. The summed E-state index contributed by atoms with van der Waals surface area (Å²) < 4.78 is 1.74. The minimum absolute atomic E-state index is 0.402. The second kappa shape index (κ2) is 3.20. The summed E-state index contributed by atoms with van der Waals surface area (Å²) in [6.45, 7) is 1.08. The molecule has 0 aliphatic carbocycles. The third-order valence-electron chi connectivity index (χ3n) is 2.84. The molecule has 1 unspecified atom stereocenters. The van der Waals surface area contributed by atoms with Crippen LogP contribution in [0.2, 0.25) is 0 Å². The maximum Gasteiger partial charge on any atom is 0.159 e. The van der Waals surface area contributed by atoms with Gasteiger partial charge in [0.2, 0.25) is 0 Å². The third kappa shape index (κ3) is 1.35. The second-order valence-electron chi connectivity index (χ2n) is 3.90. The molecule has 5 nitrogen and oxygen atoms in total. The van der Waals surface area contributed by atoms with Gasteiger partial charge in [-0.05, 0) is 19.4 Å². The van der Waals surface area contributed by atoms with Gasteiger partial charge in [-0.2, -0.15) is 5.10 Å². The predicted octanol–water partition coefficient (Wildman–Crippen LogP) is 0.736. The molecule has 1 atom stereocenters. The Balaban J connectivity index is 2.11. The van der Waals surface area contributed by atoms with E-state index >= 15 is 0 Å². The van der Waals surface area contributed by atoms with E-state index in [1.54, 1.807) is 16.9 Å². The van der Waals surface area contributed by atoms with Crippen molar-refractivity contribution >= 4 is 11.3 Å². The zero-order valence-corrected chi connectivity index (χ0v) is 8.35. The van der Waals surface area contributed by atoms with Crippen molar-refractivity contribution in [3.05, 3.63) is 24.2 Å². The fourth-order valence-electron chi connectivity index (χ4n) is 2.10. The van der Waals surface area contributed by atoms with Crippen molar-refractivity contribution in [3.8, 4) is 0 Å². The average Bonchev–Trinajstić information content (AvgIpc) is 2.82. The van der Waals surface area contributed by atoms with Gasteiger partial charge >= 0.3 is 0 Å². The topological polar surface area (TPSA) is 68.2 Å². The largest absolute Gasteiger partial charge is 0.396 e. The number of nitrogens with one attached hydrogen (secondary N) is 1. The van der Waals surface area contributed by atoms with Crippen LogP contribution in [0.5, 0.6) is 0 Å². The van der Waals surface area contributed by atoms with Gasteiger partial charge in [-0.1, -0.05) is 0 Å². The minimum atomic E-state index is 0.402. The number of aromatic nitrogens is 3. The zero-order chi connectivity index (χ0) is 10.3. The maximum atomic E-state index is 5.65. The summed E-state index contributed by atoms with van der Waals surface area (Å²) in [6.07, 6.45) is 7.73. The first-order valence-corrected chi connectivity index (χ1v) is 5.17. The van der Waals surface area contributed by atoms with Crippen molar-refractivity contribution in [3.63, 3.8) is 0 Å². The van der Waals surface area contributed by atoms with Crippen LogP contribution in [0.15, 0.2) is 18.6 Å². The number of fused-ring (bicyclic) bond motifs is 1. The lowest BCUT2D eigenvalue weighted by atomic mass is 10.1. The molecule has 0 aromatic carbocycles. The van der Waals surface area contributed by atoms with Crippen molar-refractivity contribution in [1.82, 2.24) is 19.9 Å². The third-order valence-corrected chi connectivity index (χ3v) is 2.84. The van der Waals surface area contributed by atoms with Crippen LogP contribution in [0.1, 0.15) is 24.4 Å². The molecular formula is C10H13N5. The van der Waals surface area contributed by atoms with Gasteiger partial charge in [0, 0.05) is 11.6 Å². The number of nitrogens with two attached hydrogens (primary N) is 1. The summed E-state index contributed by atoms with van der Waals surface area (Å²) in [5, 5.41) is 7.70. The number of nitrogens with zero attached hydrogens (tertiary/aromatic N) is 3. The Morgan fingerprint density at radius 3 is 3.20 bits per heavy atom. The fraction of sp³-hybridized carbons (Fsp3) is 0.400. The summed E-state index contributed by atoms with van der Waals surface area (Å²) in [4.78, 5) is 4.32. The van der Waals surface area contributed by atoms with Gasteiger partial charge in [0.05, 0.1) is 24.3 Å². The van der Waals surface area contributed by atoms with Crippen LogP contribution in [0, 0.1) is 0 Å². The van der Waals surface area contributed by atoms with Crippen LogP contribution in [-0.2, 0) is 0 Å². The number of nitrogen functional groups attached to an aromatic ring is 1. The van der Waals surface area contributed by atoms with E-state index in [4.69, 9.17) is 5.73 Å². The Morgan fingerprint density at radius 2 is 2.40 bits per heavy atom.